The van der Waals surface area contributed by atoms with Crippen molar-refractivity contribution in [1.82, 2.24) is 9.13 Å². The first-order valence-corrected chi connectivity index (χ1v) is 7.16. The summed E-state index contributed by atoms with van der Waals surface area (Å²) in [4.78, 5) is 36.6. The summed E-state index contributed by atoms with van der Waals surface area (Å²) < 4.78 is 20.4. The first-order chi connectivity index (χ1) is 11.0. The number of hydrogen-bond donors (Lipinski definition) is 0. The Balaban J connectivity index is 2.63. The number of halogens is 1. The normalized spacial score (nSPS) is 10.7. The van der Waals surface area contributed by atoms with Crippen molar-refractivity contribution in [2.24, 2.45) is 0 Å². The average molecular weight is 320 g/mol. The number of carbonyl (C=O) groups is 1. The van der Waals surface area contributed by atoms with Crippen LogP contribution in [0.3, 0.4) is 0 Å². The second-order valence-corrected chi connectivity index (χ2v) is 4.89. The summed E-state index contributed by atoms with van der Waals surface area (Å²) in [6.45, 7) is 4.04. The van der Waals surface area contributed by atoms with Gasteiger partial charge in [-0.05, 0) is 38.1 Å². The first-order valence-electron chi connectivity index (χ1n) is 7.16. The summed E-state index contributed by atoms with van der Waals surface area (Å²) in [7, 11) is 0. The Morgan fingerprint density at radius 3 is 2.43 bits per heavy atom. The highest BCUT2D eigenvalue weighted by molar-refractivity contribution is 5.93. The molecule has 2 aromatic rings. The third kappa shape index (κ3) is 3.62. The van der Waals surface area contributed by atoms with Crippen LogP contribution in [-0.4, -0.2) is 28.1 Å². The molecule has 0 aliphatic heterocycles. The van der Waals surface area contributed by atoms with E-state index in [0.29, 0.717) is 6.61 Å². The van der Waals surface area contributed by atoms with Gasteiger partial charge in [-0.15, -0.1) is 0 Å². The number of rotatable bonds is 6. The van der Waals surface area contributed by atoms with E-state index in [0.717, 1.165) is 16.7 Å². The molecule has 23 heavy (non-hydrogen) atoms. The van der Waals surface area contributed by atoms with Crippen LogP contribution >= 0.6 is 0 Å². The Morgan fingerprint density at radius 2 is 1.87 bits per heavy atom. The van der Waals surface area contributed by atoms with Crippen molar-refractivity contribution in [2.75, 3.05) is 13.2 Å². The number of ether oxygens (including phenoxy) is 1. The maximum absolute atomic E-state index is 13.1. The van der Waals surface area contributed by atoms with Crippen molar-refractivity contribution in [2.45, 2.75) is 20.4 Å². The molecule has 122 valence electrons. The van der Waals surface area contributed by atoms with Crippen LogP contribution in [0.2, 0.25) is 0 Å². The highest BCUT2D eigenvalue weighted by Crippen LogP contribution is 2.05. The lowest BCUT2D eigenvalue weighted by molar-refractivity contribution is 0.101. The monoisotopic (exact) mass is 320 g/mol. The minimum atomic E-state index is -0.721. The number of benzene rings is 1. The van der Waals surface area contributed by atoms with Crippen LogP contribution < -0.4 is 11.2 Å². The van der Waals surface area contributed by atoms with Gasteiger partial charge in [-0.1, -0.05) is 0 Å². The Morgan fingerprint density at radius 1 is 1.22 bits per heavy atom. The SMILES string of the molecule is CCOCCn1cc(C(C)=O)c(=O)n(-c2ccc(F)cc2)c1=O. The van der Waals surface area contributed by atoms with Crippen LogP contribution in [0, 0.1) is 5.82 Å². The molecule has 1 aromatic heterocycles. The molecule has 0 fully saturated rings. The molecule has 6 nitrogen and oxygen atoms in total. The van der Waals surface area contributed by atoms with E-state index in [1.54, 1.807) is 0 Å². The fourth-order valence-electron chi connectivity index (χ4n) is 2.13. The maximum Gasteiger partial charge on any atom is 0.335 e. The molecule has 0 N–H and O–H groups in total. The summed E-state index contributed by atoms with van der Waals surface area (Å²) in [5, 5.41) is 0. The molecule has 0 aliphatic rings. The number of hydrogen-bond acceptors (Lipinski definition) is 4. The molecule has 0 saturated carbocycles. The zero-order valence-electron chi connectivity index (χ0n) is 12.9. The predicted molar refractivity (Wildman–Crippen MR) is 82.8 cm³/mol. The minimum Gasteiger partial charge on any atom is -0.380 e. The van der Waals surface area contributed by atoms with E-state index in [2.05, 4.69) is 0 Å². The van der Waals surface area contributed by atoms with Crippen LogP contribution in [0.5, 0.6) is 0 Å². The Hall–Kier alpha value is -2.54. The van der Waals surface area contributed by atoms with Crippen LogP contribution in [0.15, 0.2) is 40.1 Å². The molecule has 1 heterocycles. The predicted octanol–water partition coefficient (Wildman–Crippen LogP) is 1.38. The number of carbonyl (C=O) groups excluding carboxylic acids is 1. The standard InChI is InChI=1S/C16H17FN2O4/c1-3-23-9-8-18-10-14(11(2)20)15(21)19(16(18)22)13-6-4-12(17)5-7-13/h4-7,10H,3,8-9H2,1-2H3. The fourth-order valence-corrected chi connectivity index (χ4v) is 2.13. The van der Waals surface area contributed by atoms with Gasteiger partial charge in [0.25, 0.3) is 5.56 Å². The molecule has 1 aromatic carbocycles. The fraction of sp³-hybridized carbons (Fsp3) is 0.312. The van der Waals surface area contributed by atoms with Gasteiger partial charge in [-0.2, -0.15) is 0 Å². The molecule has 0 amide bonds. The highest BCUT2D eigenvalue weighted by atomic mass is 19.1. The van der Waals surface area contributed by atoms with Crippen LogP contribution in [0.4, 0.5) is 4.39 Å². The second-order valence-electron chi connectivity index (χ2n) is 4.89. The maximum atomic E-state index is 13.1. The van der Waals surface area contributed by atoms with Crippen molar-refractivity contribution in [3.63, 3.8) is 0 Å². The largest absolute Gasteiger partial charge is 0.380 e. The van der Waals surface area contributed by atoms with Crippen molar-refractivity contribution in [3.8, 4) is 5.69 Å². The molecular weight excluding hydrogens is 303 g/mol. The second kappa shape index (κ2) is 7.15. The van der Waals surface area contributed by atoms with Crippen molar-refractivity contribution >= 4 is 5.78 Å². The van der Waals surface area contributed by atoms with Gasteiger partial charge in [0, 0.05) is 12.8 Å². The third-order valence-corrected chi connectivity index (χ3v) is 3.30. The summed E-state index contributed by atoms with van der Waals surface area (Å²) >= 11 is 0. The lowest BCUT2D eigenvalue weighted by Gasteiger charge is -2.12. The number of ketones is 1. The molecule has 0 aliphatic carbocycles. The van der Waals surface area contributed by atoms with E-state index in [1.807, 2.05) is 6.92 Å². The average Bonchev–Trinajstić information content (AvgIpc) is 2.51. The summed E-state index contributed by atoms with van der Waals surface area (Å²) in [6, 6.07) is 4.92. The third-order valence-electron chi connectivity index (χ3n) is 3.30. The highest BCUT2D eigenvalue weighted by Gasteiger charge is 2.15. The number of Topliss-reactive ketones (excluding diaryl/α,β-unsaturated/α-hetero) is 1. The van der Waals surface area contributed by atoms with Gasteiger partial charge in [0.1, 0.15) is 5.82 Å². The minimum absolute atomic E-state index is 0.106. The van der Waals surface area contributed by atoms with E-state index >= 15 is 0 Å². The lowest BCUT2D eigenvalue weighted by Crippen LogP contribution is -2.41. The molecular formula is C16H17FN2O4. The Labute approximate surface area is 131 Å². The van der Waals surface area contributed by atoms with E-state index < -0.39 is 22.8 Å². The lowest BCUT2D eigenvalue weighted by atomic mass is 10.2. The van der Waals surface area contributed by atoms with Gasteiger partial charge < -0.3 is 4.74 Å². The molecule has 0 spiro atoms. The van der Waals surface area contributed by atoms with Gasteiger partial charge in [0.15, 0.2) is 5.78 Å². The first kappa shape index (κ1) is 16.8. The number of aromatic nitrogens is 2. The van der Waals surface area contributed by atoms with Gasteiger partial charge in [0.05, 0.1) is 24.4 Å². The van der Waals surface area contributed by atoms with Gasteiger partial charge in [-0.3, -0.25) is 14.2 Å². The summed E-state index contributed by atoms with van der Waals surface area (Å²) in [5.41, 5.74) is -1.23. The van der Waals surface area contributed by atoms with Crippen LogP contribution in [-0.2, 0) is 11.3 Å². The zero-order chi connectivity index (χ0) is 17.0. The van der Waals surface area contributed by atoms with E-state index in [4.69, 9.17) is 4.74 Å². The molecule has 7 heteroatoms. The van der Waals surface area contributed by atoms with E-state index in [-0.39, 0.29) is 24.4 Å². The smallest absolute Gasteiger partial charge is 0.335 e. The molecule has 0 saturated heterocycles. The van der Waals surface area contributed by atoms with Crippen LogP contribution in [0.1, 0.15) is 24.2 Å². The molecule has 0 radical (unpaired) electrons. The Bertz CT molecular complexity index is 821. The summed E-state index contributed by atoms with van der Waals surface area (Å²) in [6.07, 6.45) is 1.24. The van der Waals surface area contributed by atoms with Crippen molar-refractivity contribution < 1.29 is 13.9 Å². The quantitative estimate of drug-likeness (QED) is 0.595. The van der Waals surface area contributed by atoms with Crippen molar-refractivity contribution in [3.05, 3.63) is 62.7 Å². The number of nitrogens with zero attached hydrogens (tertiary/aromatic N) is 2. The Kier molecular flexibility index (Phi) is 5.23. The molecule has 0 bridgehead atoms. The molecule has 0 atom stereocenters. The van der Waals surface area contributed by atoms with E-state index in [9.17, 15) is 18.8 Å². The molecule has 2 rings (SSSR count). The summed E-state index contributed by atoms with van der Waals surface area (Å²) in [5.74, 6) is -0.933. The molecule has 0 unspecified atom stereocenters. The van der Waals surface area contributed by atoms with E-state index in [1.165, 1.54) is 29.8 Å². The van der Waals surface area contributed by atoms with Crippen LogP contribution in [0.25, 0.3) is 5.69 Å². The van der Waals surface area contributed by atoms with Gasteiger partial charge in [-0.25, -0.2) is 13.8 Å². The van der Waals surface area contributed by atoms with Gasteiger partial charge >= 0.3 is 5.69 Å². The zero-order valence-corrected chi connectivity index (χ0v) is 12.9. The van der Waals surface area contributed by atoms with Gasteiger partial charge in [0.2, 0.25) is 0 Å². The van der Waals surface area contributed by atoms with Crippen molar-refractivity contribution in [1.29, 1.82) is 0 Å². The topological polar surface area (TPSA) is 70.3 Å².